The van der Waals surface area contributed by atoms with Crippen LogP contribution in [0.3, 0.4) is 0 Å². The average molecular weight is 312 g/mol. The molecule has 4 nitrogen and oxygen atoms in total. The van der Waals surface area contributed by atoms with Gasteiger partial charge in [0.15, 0.2) is 0 Å². The molecule has 1 amide bonds. The summed E-state index contributed by atoms with van der Waals surface area (Å²) in [6.07, 6.45) is 0.740. The van der Waals surface area contributed by atoms with Crippen molar-refractivity contribution in [3.8, 4) is 5.75 Å². The maximum atomic E-state index is 12.1. The second-order valence-electron chi connectivity index (χ2n) is 5.95. The van der Waals surface area contributed by atoms with E-state index in [-0.39, 0.29) is 11.8 Å². The Morgan fingerprint density at radius 3 is 2.48 bits per heavy atom. The molecule has 0 saturated carbocycles. The van der Waals surface area contributed by atoms with Crippen molar-refractivity contribution >= 4 is 11.6 Å². The lowest BCUT2D eigenvalue weighted by atomic mass is 10.0. The number of methoxy groups -OCH3 is 1. The van der Waals surface area contributed by atoms with Gasteiger partial charge in [0.1, 0.15) is 5.75 Å². The molecule has 0 aliphatic rings. The van der Waals surface area contributed by atoms with Crippen LogP contribution in [-0.4, -0.2) is 19.1 Å². The maximum Gasteiger partial charge on any atom is 0.241 e. The lowest BCUT2D eigenvalue weighted by Gasteiger charge is -2.16. The van der Waals surface area contributed by atoms with Gasteiger partial charge in [0.2, 0.25) is 5.91 Å². The molecule has 0 spiro atoms. The number of ether oxygens (including phenoxy) is 1. The van der Waals surface area contributed by atoms with Crippen molar-refractivity contribution in [1.29, 1.82) is 0 Å². The Morgan fingerprint density at radius 1 is 1.17 bits per heavy atom. The minimum atomic E-state index is -0.519. The average Bonchev–Trinajstić information content (AvgIpc) is 2.55. The molecule has 0 fully saturated rings. The lowest BCUT2D eigenvalue weighted by Crippen LogP contribution is -2.39. The molecule has 3 N–H and O–H groups in total. The highest BCUT2D eigenvalue weighted by Crippen LogP contribution is 2.25. The first-order valence-corrected chi connectivity index (χ1v) is 7.78. The van der Waals surface area contributed by atoms with Gasteiger partial charge in [-0.05, 0) is 29.7 Å². The van der Waals surface area contributed by atoms with Crippen LogP contribution in [0.2, 0.25) is 0 Å². The van der Waals surface area contributed by atoms with Gasteiger partial charge < -0.3 is 15.8 Å². The van der Waals surface area contributed by atoms with Gasteiger partial charge in [-0.15, -0.1) is 0 Å². The molecular weight excluding hydrogens is 288 g/mol. The monoisotopic (exact) mass is 312 g/mol. The summed E-state index contributed by atoms with van der Waals surface area (Å²) >= 11 is 0. The van der Waals surface area contributed by atoms with Crippen LogP contribution in [0.25, 0.3) is 0 Å². The third-order valence-electron chi connectivity index (χ3n) is 3.81. The van der Waals surface area contributed by atoms with Gasteiger partial charge in [-0.1, -0.05) is 44.2 Å². The summed E-state index contributed by atoms with van der Waals surface area (Å²) in [5, 5.41) is 2.88. The summed E-state index contributed by atoms with van der Waals surface area (Å²) in [7, 11) is 1.65. The minimum absolute atomic E-state index is 0.0945. The molecular formula is C19H24N2O2. The number of benzene rings is 2. The first kappa shape index (κ1) is 17.0. The van der Waals surface area contributed by atoms with Crippen LogP contribution < -0.4 is 15.8 Å². The number of anilines is 1. The fraction of sp³-hybridized carbons (Fsp3) is 0.316. The molecule has 0 aliphatic heterocycles. The quantitative estimate of drug-likeness (QED) is 0.861. The molecule has 0 heterocycles. The molecule has 23 heavy (non-hydrogen) atoms. The molecule has 0 aromatic heterocycles. The summed E-state index contributed by atoms with van der Waals surface area (Å²) in [5.41, 5.74) is 8.83. The molecule has 1 unspecified atom stereocenters. The van der Waals surface area contributed by atoms with Crippen LogP contribution in [0, 0.1) is 5.92 Å². The van der Waals surface area contributed by atoms with E-state index in [1.807, 2.05) is 50.2 Å². The number of hydrogen-bond donors (Lipinski definition) is 2. The standard InChI is InChI=1S/C19H24N2O2/c1-13(2)18(20)19(22)21-16-9-10-17(23-3)15(12-16)11-14-7-5-4-6-8-14/h4-10,12-13,18H,11,20H2,1-3H3,(H,21,22). The van der Waals surface area contributed by atoms with Crippen molar-refractivity contribution in [3.63, 3.8) is 0 Å². The first-order chi connectivity index (χ1) is 11.0. The number of nitrogens with one attached hydrogen (secondary N) is 1. The number of rotatable bonds is 6. The topological polar surface area (TPSA) is 64.3 Å². The largest absolute Gasteiger partial charge is 0.496 e. The number of hydrogen-bond acceptors (Lipinski definition) is 3. The minimum Gasteiger partial charge on any atom is -0.496 e. The molecule has 0 saturated heterocycles. The van der Waals surface area contributed by atoms with Gasteiger partial charge in [0.05, 0.1) is 13.2 Å². The van der Waals surface area contributed by atoms with Crippen molar-refractivity contribution in [2.45, 2.75) is 26.3 Å². The van der Waals surface area contributed by atoms with Crippen molar-refractivity contribution in [2.75, 3.05) is 12.4 Å². The van der Waals surface area contributed by atoms with Crippen LogP contribution in [-0.2, 0) is 11.2 Å². The Bertz CT molecular complexity index is 654. The lowest BCUT2D eigenvalue weighted by molar-refractivity contribution is -0.118. The molecule has 2 aromatic rings. The smallest absolute Gasteiger partial charge is 0.241 e. The zero-order valence-electron chi connectivity index (χ0n) is 13.9. The molecule has 122 valence electrons. The van der Waals surface area contributed by atoms with E-state index in [0.717, 1.165) is 23.4 Å². The predicted molar refractivity (Wildman–Crippen MR) is 93.7 cm³/mol. The van der Waals surface area contributed by atoms with Crippen molar-refractivity contribution < 1.29 is 9.53 Å². The zero-order valence-corrected chi connectivity index (χ0v) is 13.9. The third-order valence-corrected chi connectivity index (χ3v) is 3.81. The van der Waals surface area contributed by atoms with Gasteiger partial charge in [-0.3, -0.25) is 4.79 Å². The van der Waals surface area contributed by atoms with E-state index in [2.05, 4.69) is 17.4 Å². The van der Waals surface area contributed by atoms with E-state index in [1.54, 1.807) is 7.11 Å². The van der Waals surface area contributed by atoms with E-state index >= 15 is 0 Å². The summed E-state index contributed by atoms with van der Waals surface area (Å²) in [4.78, 5) is 12.1. The predicted octanol–water partition coefficient (Wildman–Crippen LogP) is 3.21. The van der Waals surface area contributed by atoms with Crippen molar-refractivity contribution in [2.24, 2.45) is 11.7 Å². The summed E-state index contributed by atoms with van der Waals surface area (Å²) < 4.78 is 5.43. The molecule has 2 rings (SSSR count). The molecule has 0 bridgehead atoms. The second kappa shape index (κ2) is 7.79. The SMILES string of the molecule is COc1ccc(NC(=O)C(N)C(C)C)cc1Cc1ccccc1. The third kappa shape index (κ3) is 4.57. The number of amides is 1. The Balaban J connectivity index is 2.20. The Morgan fingerprint density at radius 2 is 1.87 bits per heavy atom. The van der Waals surface area contributed by atoms with E-state index in [0.29, 0.717) is 0 Å². The first-order valence-electron chi connectivity index (χ1n) is 7.78. The fourth-order valence-electron chi connectivity index (χ4n) is 2.34. The van der Waals surface area contributed by atoms with E-state index in [1.165, 1.54) is 5.56 Å². The van der Waals surface area contributed by atoms with Gasteiger partial charge in [-0.2, -0.15) is 0 Å². The second-order valence-corrected chi connectivity index (χ2v) is 5.95. The zero-order chi connectivity index (χ0) is 16.8. The van der Waals surface area contributed by atoms with Crippen molar-refractivity contribution in [3.05, 3.63) is 59.7 Å². The number of carbonyl (C=O) groups is 1. The Labute approximate surface area is 137 Å². The number of carbonyl (C=O) groups excluding carboxylic acids is 1. The van der Waals surface area contributed by atoms with Gasteiger partial charge in [-0.25, -0.2) is 0 Å². The molecule has 4 heteroatoms. The van der Waals surface area contributed by atoms with Crippen molar-refractivity contribution in [1.82, 2.24) is 0 Å². The van der Waals surface area contributed by atoms with E-state index in [9.17, 15) is 4.79 Å². The van der Waals surface area contributed by atoms with Gasteiger partial charge >= 0.3 is 0 Å². The van der Waals surface area contributed by atoms with Crippen LogP contribution in [0.4, 0.5) is 5.69 Å². The van der Waals surface area contributed by atoms with Crippen LogP contribution >= 0.6 is 0 Å². The molecule has 0 aliphatic carbocycles. The summed E-state index contributed by atoms with van der Waals surface area (Å²) in [6.45, 7) is 3.86. The Kier molecular flexibility index (Phi) is 5.77. The normalized spacial score (nSPS) is 12.0. The molecule has 0 radical (unpaired) electrons. The summed E-state index contributed by atoms with van der Waals surface area (Å²) in [6, 6.07) is 15.3. The highest BCUT2D eigenvalue weighted by atomic mass is 16.5. The molecule has 2 aromatic carbocycles. The highest BCUT2D eigenvalue weighted by molar-refractivity contribution is 5.95. The highest BCUT2D eigenvalue weighted by Gasteiger charge is 2.17. The maximum absolute atomic E-state index is 12.1. The van der Waals surface area contributed by atoms with E-state index < -0.39 is 6.04 Å². The van der Waals surface area contributed by atoms with Crippen LogP contribution in [0.1, 0.15) is 25.0 Å². The van der Waals surface area contributed by atoms with Crippen LogP contribution in [0.15, 0.2) is 48.5 Å². The van der Waals surface area contributed by atoms with Crippen LogP contribution in [0.5, 0.6) is 5.75 Å². The summed E-state index contributed by atoms with van der Waals surface area (Å²) in [5.74, 6) is 0.730. The van der Waals surface area contributed by atoms with E-state index in [4.69, 9.17) is 10.5 Å². The number of nitrogens with two attached hydrogens (primary N) is 1. The molecule has 1 atom stereocenters. The fourth-order valence-corrected chi connectivity index (χ4v) is 2.34. The van der Waals surface area contributed by atoms with Gasteiger partial charge in [0, 0.05) is 17.7 Å². The van der Waals surface area contributed by atoms with Gasteiger partial charge in [0.25, 0.3) is 0 Å². The Hall–Kier alpha value is -2.33.